The van der Waals surface area contributed by atoms with Crippen LogP contribution in [-0.2, 0) is 4.79 Å². The molecule has 1 aliphatic heterocycles. The summed E-state index contributed by atoms with van der Waals surface area (Å²) in [5.74, 6) is -0.0750. The number of likely N-dealkylation sites (tertiary alicyclic amines) is 1. The summed E-state index contributed by atoms with van der Waals surface area (Å²) in [6, 6.07) is -0.102. The molecule has 0 radical (unpaired) electrons. The highest BCUT2D eigenvalue weighted by Gasteiger charge is 2.36. The van der Waals surface area contributed by atoms with Crippen LogP contribution in [0.15, 0.2) is 0 Å². The Hall–Kier alpha value is -0.610. The lowest BCUT2D eigenvalue weighted by atomic mass is 9.85. The molecule has 15 heavy (non-hydrogen) atoms. The summed E-state index contributed by atoms with van der Waals surface area (Å²) in [7, 11) is 0. The first-order valence-electron chi connectivity index (χ1n) is 5.91. The van der Waals surface area contributed by atoms with Crippen molar-refractivity contribution >= 4 is 5.97 Å². The molecule has 1 aliphatic carbocycles. The first-order valence-corrected chi connectivity index (χ1v) is 5.91. The van der Waals surface area contributed by atoms with Crippen LogP contribution in [0.25, 0.3) is 0 Å². The summed E-state index contributed by atoms with van der Waals surface area (Å²) in [6.45, 7) is 1.56. The number of nitrogens with two attached hydrogens (primary N) is 1. The minimum absolute atomic E-state index is 0.524. The summed E-state index contributed by atoms with van der Waals surface area (Å²) in [4.78, 5) is 13.0. The Balaban J connectivity index is 1.90. The lowest BCUT2D eigenvalue weighted by molar-refractivity contribution is -0.139. The van der Waals surface area contributed by atoms with E-state index >= 15 is 0 Å². The molecule has 0 aromatic heterocycles. The van der Waals surface area contributed by atoms with Gasteiger partial charge in [0, 0.05) is 12.6 Å². The number of carbonyl (C=O) groups is 1. The summed E-state index contributed by atoms with van der Waals surface area (Å²) in [5.41, 5.74) is 5.58. The number of hydrogen-bond acceptors (Lipinski definition) is 3. The van der Waals surface area contributed by atoms with Gasteiger partial charge in [-0.2, -0.15) is 0 Å². The van der Waals surface area contributed by atoms with Gasteiger partial charge in [-0.1, -0.05) is 12.8 Å². The van der Waals surface area contributed by atoms with Crippen molar-refractivity contribution in [1.29, 1.82) is 0 Å². The van der Waals surface area contributed by atoms with Gasteiger partial charge in [-0.05, 0) is 31.7 Å². The normalized spacial score (nSPS) is 33.7. The molecule has 0 aromatic rings. The van der Waals surface area contributed by atoms with E-state index in [1.54, 1.807) is 0 Å². The molecular formula is C11H20N2O2. The van der Waals surface area contributed by atoms with Crippen molar-refractivity contribution in [3.05, 3.63) is 0 Å². The first-order chi connectivity index (χ1) is 7.18. The van der Waals surface area contributed by atoms with Gasteiger partial charge in [0.25, 0.3) is 0 Å². The highest BCUT2D eigenvalue weighted by atomic mass is 16.4. The molecule has 2 aliphatic rings. The highest BCUT2D eigenvalue weighted by Crippen LogP contribution is 2.35. The molecule has 2 fully saturated rings. The van der Waals surface area contributed by atoms with Crippen molar-refractivity contribution in [2.24, 2.45) is 11.7 Å². The van der Waals surface area contributed by atoms with Crippen molar-refractivity contribution in [3.8, 4) is 0 Å². The Morgan fingerprint density at radius 3 is 2.87 bits per heavy atom. The van der Waals surface area contributed by atoms with Crippen molar-refractivity contribution in [3.63, 3.8) is 0 Å². The smallest absolute Gasteiger partial charge is 0.321 e. The van der Waals surface area contributed by atoms with Gasteiger partial charge in [-0.25, -0.2) is 0 Å². The molecule has 1 saturated carbocycles. The zero-order chi connectivity index (χ0) is 10.8. The maximum atomic E-state index is 10.7. The number of carboxylic acid groups (broad SMARTS) is 1. The number of carboxylic acids is 1. The standard InChI is InChI=1S/C11H20N2O2/c12-9(11(14)15)7-13-6-5-8-3-1-2-4-10(8)13/h8-10H,1-7,12H2,(H,14,15). The monoisotopic (exact) mass is 212 g/mol. The van der Waals surface area contributed by atoms with Crippen LogP contribution in [0, 0.1) is 5.92 Å². The van der Waals surface area contributed by atoms with Gasteiger partial charge in [-0.3, -0.25) is 9.69 Å². The highest BCUT2D eigenvalue weighted by molar-refractivity contribution is 5.73. The van der Waals surface area contributed by atoms with E-state index in [0.717, 1.165) is 12.5 Å². The summed E-state index contributed by atoms with van der Waals surface area (Å²) < 4.78 is 0. The summed E-state index contributed by atoms with van der Waals surface area (Å²) in [6.07, 6.45) is 6.43. The molecular weight excluding hydrogens is 192 g/mol. The second-order valence-electron chi connectivity index (χ2n) is 4.84. The zero-order valence-electron chi connectivity index (χ0n) is 9.06. The van der Waals surface area contributed by atoms with Crippen LogP contribution in [-0.4, -0.2) is 41.1 Å². The topological polar surface area (TPSA) is 66.6 Å². The van der Waals surface area contributed by atoms with Gasteiger partial charge in [-0.15, -0.1) is 0 Å². The molecule has 0 bridgehead atoms. The van der Waals surface area contributed by atoms with E-state index in [9.17, 15) is 4.79 Å². The maximum absolute atomic E-state index is 10.7. The fourth-order valence-electron chi connectivity index (χ4n) is 3.06. The van der Waals surface area contributed by atoms with Crippen LogP contribution >= 0.6 is 0 Å². The largest absolute Gasteiger partial charge is 0.480 e. The van der Waals surface area contributed by atoms with Gasteiger partial charge in [0.15, 0.2) is 0 Å². The van der Waals surface area contributed by atoms with E-state index in [-0.39, 0.29) is 0 Å². The van der Waals surface area contributed by atoms with Crippen LogP contribution in [0.5, 0.6) is 0 Å². The minimum Gasteiger partial charge on any atom is -0.480 e. The summed E-state index contributed by atoms with van der Waals surface area (Å²) >= 11 is 0. The number of rotatable bonds is 3. The van der Waals surface area contributed by atoms with E-state index in [2.05, 4.69) is 4.90 Å². The molecule has 3 N–H and O–H groups in total. The third-order valence-electron chi connectivity index (χ3n) is 3.87. The third kappa shape index (κ3) is 2.32. The van der Waals surface area contributed by atoms with Crippen LogP contribution < -0.4 is 5.73 Å². The number of fused-ring (bicyclic) bond motifs is 1. The van der Waals surface area contributed by atoms with E-state index in [1.165, 1.54) is 32.1 Å². The number of hydrogen-bond donors (Lipinski definition) is 2. The Kier molecular flexibility index (Phi) is 3.26. The van der Waals surface area contributed by atoms with Crippen molar-refractivity contribution in [1.82, 2.24) is 4.90 Å². The van der Waals surface area contributed by atoms with E-state index < -0.39 is 12.0 Å². The van der Waals surface area contributed by atoms with Gasteiger partial charge in [0.05, 0.1) is 0 Å². The Labute approximate surface area is 90.4 Å². The van der Waals surface area contributed by atoms with Gasteiger partial charge in [0.1, 0.15) is 6.04 Å². The SMILES string of the molecule is NC(CN1CCC2CCCCC21)C(=O)O. The quantitative estimate of drug-likeness (QED) is 0.721. The molecule has 0 spiro atoms. The molecule has 1 heterocycles. The van der Waals surface area contributed by atoms with Crippen LogP contribution in [0.1, 0.15) is 32.1 Å². The molecule has 0 amide bonds. The van der Waals surface area contributed by atoms with Crippen molar-refractivity contribution < 1.29 is 9.90 Å². The molecule has 4 heteroatoms. The number of aliphatic carboxylic acids is 1. The van der Waals surface area contributed by atoms with Crippen LogP contribution in [0.4, 0.5) is 0 Å². The molecule has 2 rings (SSSR count). The lowest BCUT2D eigenvalue weighted by Gasteiger charge is -2.32. The average molecular weight is 212 g/mol. The fourth-order valence-corrected chi connectivity index (χ4v) is 3.06. The van der Waals surface area contributed by atoms with Gasteiger partial charge in [0.2, 0.25) is 0 Å². The van der Waals surface area contributed by atoms with Crippen molar-refractivity contribution in [2.45, 2.75) is 44.2 Å². The zero-order valence-corrected chi connectivity index (χ0v) is 9.06. The van der Waals surface area contributed by atoms with E-state index in [1.807, 2.05) is 0 Å². The average Bonchev–Trinajstić information content (AvgIpc) is 2.62. The predicted octanol–water partition coefficient (Wildman–Crippen LogP) is 0.663. The molecule has 3 atom stereocenters. The Morgan fingerprint density at radius 2 is 2.13 bits per heavy atom. The van der Waals surface area contributed by atoms with Gasteiger partial charge >= 0.3 is 5.97 Å². The Bertz CT molecular complexity index is 245. The molecule has 3 unspecified atom stereocenters. The summed E-state index contributed by atoms with van der Waals surface area (Å²) in [5, 5.41) is 8.79. The van der Waals surface area contributed by atoms with Gasteiger partial charge < -0.3 is 10.8 Å². The maximum Gasteiger partial charge on any atom is 0.321 e. The predicted molar refractivity (Wildman–Crippen MR) is 57.5 cm³/mol. The first kappa shape index (κ1) is 10.9. The lowest BCUT2D eigenvalue weighted by Crippen LogP contribution is -2.45. The van der Waals surface area contributed by atoms with Crippen molar-refractivity contribution in [2.75, 3.05) is 13.1 Å². The van der Waals surface area contributed by atoms with Crippen LogP contribution in [0.2, 0.25) is 0 Å². The Morgan fingerprint density at radius 1 is 1.40 bits per heavy atom. The van der Waals surface area contributed by atoms with E-state index in [0.29, 0.717) is 12.6 Å². The second-order valence-corrected chi connectivity index (χ2v) is 4.84. The fraction of sp³-hybridized carbons (Fsp3) is 0.909. The second kappa shape index (κ2) is 4.49. The molecule has 0 aromatic carbocycles. The van der Waals surface area contributed by atoms with E-state index in [4.69, 9.17) is 10.8 Å². The minimum atomic E-state index is -0.880. The third-order valence-corrected chi connectivity index (χ3v) is 3.87. The molecule has 86 valence electrons. The number of nitrogens with zero attached hydrogens (tertiary/aromatic N) is 1. The molecule has 4 nitrogen and oxygen atoms in total. The molecule has 1 saturated heterocycles. The van der Waals surface area contributed by atoms with Crippen LogP contribution in [0.3, 0.4) is 0 Å².